The van der Waals surface area contributed by atoms with Crippen LogP contribution in [-0.4, -0.2) is 23.0 Å². The van der Waals surface area contributed by atoms with Gasteiger partial charge in [0.25, 0.3) is 11.6 Å². The molecule has 0 saturated carbocycles. The second-order valence-electron chi connectivity index (χ2n) is 8.74. The highest BCUT2D eigenvalue weighted by atomic mass is 16.6. The first kappa shape index (κ1) is 24.3. The number of benzene rings is 3. The van der Waals surface area contributed by atoms with E-state index in [1.54, 1.807) is 43.3 Å². The highest BCUT2D eigenvalue weighted by molar-refractivity contribution is 5.95. The summed E-state index contributed by atoms with van der Waals surface area (Å²) in [6.45, 7) is 7.88. The van der Waals surface area contributed by atoms with Gasteiger partial charge in [-0.1, -0.05) is 32.9 Å². The van der Waals surface area contributed by atoms with Gasteiger partial charge in [0, 0.05) is 17.2 Å². The van der Waals surface area contributed by atoms with Crippen LogP contribution >= 0.6 is 0 Å². The molecule has 0 radical (unpaired) electrons. The van der Waals surface area contributed by atoms with Crippen LogP contribution in [-0.2, 0) is 5.41 Å². The molecule has 174 valence electrons. The van der Waals surface area contributed by atoms with E-state index in [1.165, 1.54) is 24.4 Å². The predicted molar refractivity (Wildman–Crippen MR) is 129 cm³/mol. The van der Waals surface area contributed by atoms with Crippen LogP contribution in [0.3, 0.4) is 0 Å². The molecule has 34 heavy (non-hydrogen) atoms. The van der Waals surface area contributed by atoms with Crippen LogP contribution in [0.15, 0.2) is 71.8 Å². The first-order valence-electron chi connectivity index (χ1n) is 10.6. The van der Waals surface area contributed by atoms with E-state index in [1.807, 2.05) is 12.1 Å². The molecule has 3 rings (SSSR count). The molecule has 0 atom stereocenters. The Morgan fingerprint density at radius 2 is 1.59 bits per heavy atom. The minimum Gasteiger partial charge on any atom is -0.423 e. The van der Waals surface area contributed by atoms with Gasteiger partial charge in [-0.2, -0.15) is 5.10 Å². The van der Waals surface area contributed by atoms with Crippen molar-refractivity contribution < 1.29 is 19.2 Å². The monoisotopic (exact) mass is 459 g/mol. The number of nitrogens with zero attached hydrogens (tertiary/aromatic N) is 2. The van der Waals surface area contributed by atoms with Crippen molar-refractivity contribution >= 4 is 23.8 Å². The van der Waals surface area contributed by atoms with Gasteiger partial charge in [0.2, 0.25) is 0 Å². The summed E-state index contributed by atoms with van der Waals surface area (Å²) in [5, 5.41) is 14.9. The number of aryl methyl sites for hydroxylation is 1. The second kappa shape index (κ2) is 10.1. The van der Waals surface area contributed by atoms with Gasteiger partial charge in [0.05, 0.1) is 16.7 Å². The SMILES string of the molecule is Cc1cc(C(=O)Oc2ccc(/C=N\NC(=O)c3ccc(C(C)(C)C)cc3)cc2)ccc1[N+](=O)[O-]. The Morgan fingerprint density at radius 3 is 2.15 bits per heavy atom. The molecule has 0 aromatic heterocycles. The van der Waals surface area contributed by atoms with E-state index >= 15 is 0 Å². The molecule has 8 heteroatoms. The van der Waals surface area contributed by atoms with Crippen molar-refractivity contribution in [1.29, 1.82) is 0 Å². The number of nitro groups is 1. The summed E-state index contributed by atoms with van der Waals surface area (Å²) in [5.41, 5.74) is 5.36. The van der Waals surface area contributed by atoms with E-state index in [0.717, 1.165) is 5.56 Å². The molecule has 0 aliphatic rings. The van der Waals surface area contributed by atoms with Gasteiger partial charge in [-0.05, 0) is 72.0 Å². The summed E-state index contributed by atoms with van der Waals surface area (Å²) in [6, 6.07) is 18.0. The number of carbonyl (C=O) groups is 2. The molecule has 8 nitrogen and oxygen atoms in total. The number of amides is 1. The maximum Gasteiger partial charge on any atom is 0.343 e. The largest absolute Gasteiger partial charge is 0.423 e. The molecule has 1 amide bonds. The zero-order chi connectivity index (χ0) is 24.9. The van der Waals surface area contributed by atoms with Crippen molar-refractivity contribution in [1.82, 2.24) is 5.43 Å². The maximum atomic E-state index is 12.3. The first-order chi connectivity index (χ1) is 16.0. The fourth-order valence-corrected chi connectivity index (χ4v) is 3.13. The van der Waals surface area contributed by atoms with Crippen molar-refractivity contribution in [3.8, 4) is 5.75 Å². The Bertz CT molecular complexity index is 1240. The second-order valence-corrected chi connectivity index (χ2v) is 8.74. The molecule has 0 unspecified atom stereocenters. The third kappa shape index (κ3) is 6.13. The van der Waals surface area contributed by atoms with Crippen LogP contribution in [0.25, 0.3) is 0 Å². The Hall–Kier alpha value is -4.33. The van der Waals surface area contributed by atoms with Crippen molar-refractivity contribution in [3.05, 3.63) is 105 Å². The van der Waals surface area contributed by atoms with Crippen molar-refractivity contribution in [3.63, 3.8) is 0 Å². The summed E-state index contributed by atoms with van der Waals surface area (Å²) in [4.78, 5) is 35.0. The minimum atomic E-state index is -0.621. The molecular weight excluding hydrogens is 434 g/mol. The van der Waals surface area contributed by atoms with Crippen LogP contribution in [0.1, 0.15) is 58.2 Å². The van der Waals surface area contributed by atoms with Crippen molar-refractivity contribution in [2.45, 2.75) is 33.1 Å². The zero-order valence-electron chi connectivity index (χ0n) is 19.4. The van der Waals surface area contributed by atoms with Crippen LogP contribution in [0.2, 0.25) is 0 Å². The highest BCUT2D eigenvalue weighted by Crippen LogP contribution is 2.22. The zero-order valence-corrected chi connectivity index (χ0v) is 19.4. The molecule has 0 fully saturated rings. The lowest BCUT2D eigenvalue weighted by Crippen LogP contribution is -2.18. The van der Waals surface area contributed by atoms with Gasteiger partial charge in [-0.15, -0.1) is 0 Å². The Morgan fingerprint density at radius 1 is 0.971 bits per heavy atom. The molecule has 0 aliphatic carbocycles. The van der Waals surface area contributed by atoms with Crippen LogP contribution in [0.4, 0.5) is 5.69 Å². The van der Waals surface area contributed by atoms with Gasteiger partial charge in [0.1, 0.15) is 5.75 Å². The summed E-state index contributed by atoms with van der Waals surface area (Å²) in [7, 11) is 0. The molecule has 0 spiro atoms. The van der Waals surface area contributed by atoms with E-state index in [9.17, 15) is 19.7 Å². The normalized spacial score (nSPS) is 11.3. The number of hydrogen-bond donors (Lipinski definition) is 1. The van der Waals surface area contributed by atoms with E-state index < -0.39 is 10.9 Å². The number of rotatable bonds is 6. The van der Waals surface area contributed by atoms with Crippen LogP contribution in [0, 0.1) is 17.0 Å². The fourth-order valence-electron chi connectivity index (χ4n) is 3.13. The van der Waals surface area contributed by atoms with Crippen molar-refractivity contribution in [2.75, 3.05) is 0 Å². The standard InChI is InChI=1S/C26H25N3O5/c1-17-15-20(9-14-23(17)29(32)33)25(31)34-22-12-5-18(6-13-22)16-27-28-24(30)19-7-10-21(11-8-19)26(2,3)4/h5-16H,1-4H3,(H,28,30)/b27-16-. The third-order valence-corrected chi connectivity index (χ3v) is 5.11. The van der Waals surface area contributed by atoms with Gasteiger partial charge < -0.3 is 4.74 Å². The third-order valence-electron chi connectivity index (χ3n) is 5.11. The molecular formula is C26H25N3O5. The molecule has 0 aliphatic heterocycles. The van der Waals surface area contributed by atoms with Gasteiger partial charge in [-0.25, -0.2) is 10.2 Å². The smallest absolute Gasteiger partial charge is 0.343 e. The van der Waals surface area contributed by atoms with E-state index in [2.05, 4.69) is 31.3 Å². The summed E-state index contributed by atoms with van der Waals surface area (Å²) >= 11 is 0. The Balaban J connectivity index is 1.57. The lowest BCUT2D eigenvalue weighted by atomic mass is 9.87. The van der Waals surface area contributed by atoms with Crippen molar-refractivity contribution in [2.24, 2.45) is 5.10 Å². The highest BCUT2D eigenvalue weighted by Gasteiger charge is 2.16. The molecule has 1 N–H and O–H groups in total. The lowest BCUT2D eigenvalue weighted by molar-refractivity contribution is -0.385. The number of nitro benzene ring substituents is 1. The summed E-state index contributed by atoms with van der Waals surface area (Å²) in [5.74, 6) is -0.633. The van der Waals surface area contributed by atoms with E-state index in [4.69, 9.17) is 4.74 Å². The summed E-state index contributed by atoms with van der Waals surface area (Å²) in [6.07, 6.45) is 1.48. The maximum absolute atomic E-state index is 12.3. The lowest BCUT2D eigenvalue weighted by Gasteiger charge is -2.18. The van der Waals surface area contributed by atoms with Crippen LogP contribution in [0.5, 0.6) is 5.75 Å². The number of hydrogen-bond acceptors (Lipinski definition) is 6. The number of esters is 1. The van der Waals surface area contributed by atoms with Gasteiger partial charge in [0.15, 0.2) is 0 Å². The van der Waals surface area contributed by atoms with Gasteiger partial charge in [-0.3, -0.25) is 14.9 Å². The van der Waals surface area contributed by atoms with Crippen LogP contribution < -0.4 is 10.2 Å². The minimum absolute atomic E-state index is 0.00838. The Labute approximate surface area is 197 Å². The number of hydrazone groups is 1. The fraction of sp³-hybridized carbons (Fsp3) is 0.192. The summed E-state index contributed by atoms with van der Waals surface area (Å²) < 4.78 is 5.32. The number of carbonyl (C=O) groups excluding carboxylic acids is 2. The quantitative estimate of drug-likeness (QED) is 0.179. The molecule has 0 heterocycles. The molecule has 0 saturated heterocycles. The van der Waals surface area contributed by atoms with E-state index in [0.29, 0.717) is 22.4 Å². The number of nitrogens with one attached hydrogen (secondary N) is 1. The first-order valence-corrected chi connectivity index (χ1v) is 10.6. The predicted octanol–water partition coefficient (Wildman–Crippen LogP) is 5.18. The molecule has 3 aromatic rings. The van der Waals surface area contributed by atoms with Gasteiger partial charge >= 0.3 is 5.97 Å². The topological polar surface area (TPSA) is 111 Å². The average molecular weight is 460 g/mol. The average Bonchev–Trinajstić information content (AvgIpc) is 2.79. The van der Waals surface area contributed by atoms with E-state index in [-0.39, 0.29) is 22.6 Å². The number of ether oxygens (including phenoxy) is 1. The molecule has 0 bridgehead atoms. The Kier molecular flexibility index (Phi) is 7.21. The molecule has 3 aromatic carbocycles.